The molecule has 1 aromatic carbocycles. The van der Waals surface area contributed by atoms with Gasteiger partial charge >= 0.3 is 0 Å². The van der Waals surface area contributed by atoms with Gasteiger partial charge in [-0.1, -0.05) is 28.9 Å². The molecule has 118 valence electrons. The molecule has 1 fully saturated rings. The van der Waals surface area contributed by atoms with E-state index in [9.17, 15) is 4.39 Å². The molecule has 0 amide bonds. The number of nitrogens with one attached hydrogen (secondary N) is 1. The van der Waals surface area contributed by atoms with Crippen molar-refractivity contribution in [3.05, 3.63) is 34.1 Å². The normalized spacial score (nSPS) is 20.4. The molecule has 4 heteroatoms. The van der Waals surface area contributed by atoms with Gasteiger partial charge in [-0.05, 0) is 70.4 Å². The van der Waals surface area contributed by atoms with Gasteiger partial charge < -0.3 is 5.32 Å². The second-order valence-corrected chi connectivity index (χ2v) is 7.10. The van der Waals surface area contributed by atoms with Gasteiger partial charge in [0.1, 0.15) is 5.82 Å². The standard InChI is InChI=1S/C17H26BrFN2/c1-4-17(2,21-9-5-6-10-21)16(20-3)11-13-7-8-14(18)12-15(13)19/h7-8,12,16,20H,4-6,9-11H2,1-3H3. The van der Waals surface area contributed by atoms with Crippen LogP contribution in [0.4, 0.5) is 4.39 Å². The Morgan fingerprint density at radius 1 is 1.38 bits per heavy atom. The molecule has 0 spiro atoms. The van der Waals surface area contributed by atoms with Gasteiger partial charge in [0.25, 0.3) is 0 Å². The highest BCUT2D eigenvalue weighted by molar-refractivity contribution is 9.10. The lowest BCUT2D eigenvalue weighted by molar-refractivity contribution is 0.0870. The molecular formula is C17H26BrFN2. The molecule has 1 aliphatic heterocycles. The Kier molecular flexibility index (Phi) is 5.81. The molecule has 21 heavy (non-hydrogen) atoms. The van der Waals surface area contributed by atoms with E-state index in [4.69, 9.17) is 0 Å². The van der Waals surface area contributed by atoms with Gasteiger partial charge in [-0.3, -0.25) is 4.90 Å². The van der Waals surface area contributed by atoms with E-state index in [-0.39, 0.29) is 17.4 Å². The summed E-state index contributed by atoms with van der Waals surface area (Å²) in [5.74, 6) is -0.121. The predicted molar refractivity (Wildman–Crippen MR) is 90.2 cm³/mol. The Morgan fingerprint density at radius 2 is 2.05 bits per heavy atom. The molecule has 0 radical (unpaired) electrons. The van der Waals surface area contributed by atoms with Crippen LogP contribution >= 0.6 is 15.9 Å². The summed E-state index contributed by atoms with van der Waals surface area (Å²) >= 11 is 3.32. The average molecular weight is 357 g/mol. The molecule has 2 atom stereocenters. The maximum absolute atomic E-state index is 14.1. The third-order valence-corrected chi connectivity index (χ3v) is 5.58. The van der Waals surface area contributed by atoms with Gasteiger partial charge in [0, 0.05) is 16.1 Å². The summed E-state index contributed by atoms with van der Waals surface area (Å²) in [4.78, 5) is 2.57. The quantitative estimate of drug-likeness (QED) is 0.828. The maximum Gasteiger partial charge on any atom is 0.127 e. The van der Waals surface area contributed by atoms with Crippen LogP contribution in [0.15, 0.2) is 22.7 Å². The highest BCUT2D eigenvalue weighted by Crippen LogP contribution is 2.30. The first-order valence-electron chi connectivity index (χ1n) is 7.87. The van der Waals surface area contributed by atoms with Crippen molar-refractivity contribution in [3.63, 3.8) is 0 Å². The molecule has 1 heterocycles. The highest BCUT2D eigenvalue weighted by Gasteiger charge is 2.38. The van der Waals surface area contributed by atoms with Crippen LogP contribution in [0, 0.1) is 5.82 Å². The van der Waals surface area contributed by atoms with Gasteiger partial charge in [0.2, 0.25) is 0 Å². The van der Waals surface area contributed by atoms with Crippen LogP contribution < -0.4 is 5.32 Å². The van der Waals surface area contributed by atoms with Crippen molar-refractivity contribution in [3.8, 4) is 0 Å². The van der Waals surface area contributed by atoms with Crippen LogP contribution in [0.1, 0.15) is 38.7 Å². The van der Waals surface area contributed by atoms with Crippen LogP contribution in [-0.4, -0.2) is 36.6 Å². The number of likely N-dealkylation sites (tertiary alicyclic amines) is 1. The first-order valence-corrected chi connectivity index (χ1v) is 8.66. The van der Waals surface area contributed by atoms with Crippen molar-refractivity contribution in [2.24, 2.45) is 0 Å². The van der Waals surface area contributed by atoms with Crippen LogP contribution in [0.2, 0.25) is 0 Å². The highest BCUT2D eigenvalue weighted by atomic mass is 79.9. The molecule has 0 saturated carbocycles. The summed E-state index contributed by atoms with van der Waals surface area (Å²) in [6.07, 6.45) is 4.34. The fourth-order valence-corrected chi connectivity index (χ4v) is 3.79. The SMILES string of the molecule is CCC(C)(C(Cc1ccc(Br)cc1F)NC)N1CCCC1. The number of hydrogen-bond donors (Lipinski definition) is 1. The van der Waals surface area contributed by atoms with Crippen LogP contribution in [0.3, 0.4) is 0 Å². The second-order valence-electron chi connectivity index (χ2n) is 6.19. The summed E-state index contributed by atoms with van der Waals surface area (Å²) in [6, 6.07) is 5.62. The zero-order chi connectivity index (χ0) is 15.5. The number of hydrogen-bond acceptors (Lipinski definition) is 2. The monoisotopic (exact) mass is 356 g/mol. The van der Waals surface area contributed by atoms with Crippen LogP contribution in [0.25, 0.3) is 0 Å². The molecule has 1 N–H and O–H groups in total. The number of benzene rings is 1. The second kappa shape index (κ2) is 7.21. The average Bonchev–Trinajstić information content (AvgIpc) is 3.00. The zero-order valence-corrected chi connectivity index (χ0v) is 14.8. The third-order valence-electron chi connectivity index (χ3n) is 5.08. The summed E-state index contributed by atoms with van der Waals surface area (Å²) < 4.78 is 14.9. The number of halogens is 2. The molecular weight excluding hydrogens is 331 g/mol. The molecule has 0 bridgehead atoms. The zero-order valence-electron chi connectivity index (χ0n) is 13.3. The first-order chi connectivity index (χ1) is 10.0. The molecule has 1 aromatic rings. The van der Waals surface area contributed by atoms with Crippen molar-refractivity contribution in [2.45, 2.75) is 51.1 Å². The predicted octanol–water partition coefficient (Wildman–Crippen LogP) is 3.98. The Morgan fingerprint density at radius 3 is 2.57 bits per heavy atom. The number of nitrogens with zero attached hydrogens (tertiary/aromatic N) is 1. The van der Waals surface area contributed by atoms with Gasteiger partial charge in [-0.15, -0.1) is 0 Å². The molecule has 1 saturated heterocycles. The van der Waals surface area contributed by atoms with Gasteiger partial charge in [0.15, 0.2) is 0 Å². The Hall–Kier alpha value is -0.450. The molecule has 2 nitrogen and oxygen atoms in total. The lowest BCUT2D eigenvalue weighted by Gasteiger charge is -2.44. The van der Waals surface area contributed by atoms with E-state index in [0.29, 0.717) is 0 Å². The molecule has 1 aliphatic rings. The van der Waals surface area contributed by atoms with E-state index in [1.54, 1.807) is 6.07 Å². The molecule has 0 aromatic heterocycles. The minimum absolute atomic E-state index is 0.0742. The Balaban J connectivity index is 2.20. The van der Waals surface area contributed by atoms with E-state index in [2.05, 4.69) is 40.0 Å². The van der Waals surface area contributed by atoms with E-state index in [1.807, 2.05) is 19.2 Å². The lowest BCUT2D eigenvalue weighted by Crippen LogP contribution is -2.58. The fourth-order valence-electron chi connectivity index (χ4n) is 3.46. The fraction of sp³-hybridized carbons (Fsp3) is 0.647. The topological polar surface area (TPSA) is 15.3 Å². The van der Waals surface area contributed by atoms with Crippen molar-refractivity contribution < 1.29 is 4.39 Å². The minimum atomic E-state index is -0.121. The largest absolute Gasteiger partial charge is 0.315 e. The van der Waals surface area contributed by atoms with Crippen LogP contribution in [-0.2, 0) is 6.42 Å². The summed E-state index contributed by atoms with van der Waals surface area (Å²) in [6.45, 7) is 6.87. The van der Waals surface area contributed by atoms with E-state index < -0.39 is 0 Å². The van der Waals surface area contributed by atoms with Crippen molar-refractivity contribution in [1.82, 2.24) is 10.2 Å². The molecule has 0 aliphatic carbocycles. The summed E-state index contributed by atoms with van der Waals surface area (Å²) in [7, 11) is 1.99. The summed E-state index contributed by atoms with van der Waals surface area (Å²) in [5.41, 5.74) is 0.863. The van der Waals surface area contributed by atoms with Gasteiger partial charge in [-0.25, -0.2) is 4.39 Å². The maximum atomic E-state index is 14.1. The lowest BCUT2D eigenvalue weighted by atomic mass is 9.83. The van der Waals surface area contributed by atoms with Gasteiger partial charge in [-0.2, -0.15) is 0 Å². The van der Waals surface area contributed by atoms with E-state index >= 15 is 0 Å². The van der Waals surface area contributed by atoms with Crippen molar-refractivity contribution >= 4 is 15.9 Å². The van der Waals surface area contributed by atoms with Gasteiger partial charge in [0.05, 0.1) is 0 Å². The number of likely N-dealkylation sites (N-methyl/N-ethyl adjacent to an activating group) is 1. The van der Waals surface area contributed by atoms with Crippen molar-refractivity contribution in [1.29, 1.82) is 0 Å². The Bertz CT molecular complexity index is 474. The third kappa shape index (κ3) is 3.66. The van der Waals surface area contributed by atoms with E-state index in [1.165, 1.54) is 12.8 Å². The first kappa shape index (κ1) is 16.9. The van der Waals surface area contributed by atoms with Crippen molar-refractivity contribution in [2.75, 3.05) is 20.1 Å². The molecule has 2 unspecified atom stereocenters. The molecule has 2 rings (SSSR count). The summed E-state index contributed by atoms with van der Waals surface area (Å²) in [5, 5.41) is 3.44. The smallest absolute Gasteiger partial charge is 0.127 e. The minimum Gasteiger partial charge on any atom is -0.315 e. The Labute approximate surface area is 136 Å². The van der Waals surface area contributed by atoms with E-state index in [0.717, 1.165) is 36.0 Å². The van der Waals surface area contributed by atoms with Crippen LogP contribution in [0.5, 0.6) is 0 Å². The number of rotatable bonds is 6.